The van der Waals surface area contributed by atoms with E-state index in [-0.39, 0.29) is 25.7 Å². The highest BCUT2D eigenvalue weighted by atomic mass is 16.6. The molecule has 4 amide bonds. The minimum absolute atomic E-state index is 0.124. The molecule has 3 rings (SSSR count). The molecule has 3 saturated heterocycles. The highest BCUT2D eigenvalue weighted by Crippen LogP contribution is 2.21. The summed E-state index contributed by atoms with van der Waals surface area (Å²) in [5, 5.41) is 0. The SMILES string of the molecule is O=C1CC(N2C(=O)CCC2=O)C(=O)OCCOC(=O)C(N2C(=O)CCC2=O)CC(=O)OCCO1. The van der Waals surface area contributed by atoms with Crippen molar-refractivity contribution in [1.29, 1.82) is 0 Å². The third-order valence-corrected chi connectivity index (χ3v) is 5.25. The van der Waals surface area contributed by atoms with Gasteiger partial charge >= 0.3 is 23.9 Å². The summed E-state index contributed by atoms with van der Waals surface area (Å²) < 4.78 is 19.7. The van der Waals surface area contributed by atoms with Crippen molar-refractivity contribution < 1.29 is 57.3 Å². The Hall–Kier alpha value is -3.84. The van der Waals surface area contributed by atoms with E-state index in [9.17, 15) is 38.4 Å². The van der Waals surface area contributed by atoms with Crippen LogP contribution < -0.4 is 0 Å². The Morgan fingerprint density at radius 2 is 0.765 bits per heavy atom. The zero-order chi connectivity index (χ0) is 24.8. The summed E-state index contributed by atoms with van der Waals surface area (Å²) in [5.41, 5.74) is 0. The molecule has 2 atom stereocenters. The van der Waals surface area contributed by atoms with Crippen LogP contribution in [0.5, 0.6) is 0 Å². The smallest absolute Gasteiger partial charge is 0.330 e. The van der Waals surface area contributed by atoms with E-state index in [1.165, 1.54) is 0 Å². The molecule has 0 aliphatic carbocycles. The van der Waals surface area contributed by atoms with Gasteiger partial charge in [-0.15, -0.1) is 0 Å². The Morgan fingerprint density at radius 3 is 1.09 bits per heavy atom. The number of amides is 4. The van der Waals surface area contributed by atoms with Gasteiger partial charge in [-0.3, -0.25) is 38.6 Å². The lowest BCUT2D eigenvalue weighted by Crippen LogP contribution is -2.48. The van der Waals surface area contributed by atoms with Crippen LogP contribution in [-0.2, 0) is 57.3 Å². The molecule has 0 bridgehead atoms. The number of ether oxygens (including phenoxy) is 4. The van der Waals surface area contributed by atoms with Crippen LogP contribution in [-0.4, -0.2) is 95.8 Å². The Morgan fingerprint density at radius 1 is 0.471 bits per heavy atom. The molecule has 3 aliphatic rings. The van der Waals surface area contributed by atoms with Gasteiger partial charge in [0.25, 0.3) is 0 Å². The molecule has 0 spiro atoms. The van der Waals surface area contributed by atoms with Crippen LogP contribution >= 0.6 is 0 Å². The lowest BCUT2D eigenvalue weighted by Gasteiger charge is -2.25. The van der Waals surface area contributed by atoms with Crippen molar-refractivity contribution in [2.75, 3.05) is 26.4 Å². The average molecular weight is 482 g/mol. The molecule has 0 N–H and O–H groups in total. The molecular formula is C20H22N2O12. The average Bonchev–Trinajstić information content (AvgIpc) is 3.30. The van der Waals surface area contributed by atoms with Gasteiger partial charge in [0.2, 0.25) is 23.6 Å². The molecule has 3 heterocycles. The Balaban J connectivity index is 1.74. The van der Waals surface area contributed by atoms with Gasteiger partial charge in [0.05, 0.1) is 12.8 Å². The molecule has 0 saturated carbocycles. The summed E-state index contributed by atoms with van der Waals surface area (Å²) in [6.45, 7) is -1.90. The molecule has 34 heavy (non-hydrogen) atoms. The second-order valence-electron chi connectivity index (χ2n) is 7.53. The summed E-state index contributed by atoms with van der Waals surface area (Å²) in [7, 11) is 0. The van der Waals surface area contributed by atoms with Crippen LogP contribution in [0.4, 0.5) is 0 Å². The summed E-state index contributed by atoms with van der Waals surface area (Å²) in [5.74, 6) is -6.69. The highest BCUT2D eigenvalue weighted by molar-refractivity contribution is 6.06. The standard InChI is InChI=1S/C20H22N2O12/c23-13-1-2-14(24)21(13)11-9-17(27)31-5-6-32-18(28)10-12(22-15(25)3-4-16(22)26)20(30)34-8-7-33-19(11)29/h11-12H,1-10H2. The second-order valence-corrected chi connectivity index (χ2v) is 7.53. The number of carbonyl (C=O) groups excluding carboxylic acids is 8. The monoisotopic (exact) mass is 482 g/mol. The van der Waals surface area contributed by atoms with Gasteiger partial charge < -0.3 is 18.9 Å². The van der Waals surface area contributed by atoms with Crippen LogP contribution in [0.15, 0.2) is 0 Å². The molecule has 14 heteroatoms. The molecule has 2 unspecified atom stereocenters. The lowest BCUT2D eigenvalue weighted by atomic mass is 10.1. The summed E-state index contributed by atoms with van der Waals surface area (Å²) >= 11 is 0. The summed E-state index contributed by atoms with van der Waals surface area (Å²) in [6.07, 6.45) is -1.85. The van der Waals surface area contributed by atoms with E-state index >= 15 is 0 Å². The number of hydrogen-bond donors (Lipinski definition) is 0. The van der Waals surface area contributed by atoms with Crippen molar-refractivity contribution in [3.05, 3.63) is 0 Å². The first-order valence-corrected chi connectivity index (χ1v) is 10.5. The predicted octanol–water partition coefficient (Wildman–Crippen LogP) is -2.01. The zero-order valence-electron chi connectivity index (χ0n) is 18.0. The fourth-order valence-electron chi connectivity index (χ4n) is 3.66. The fourth-order valence-corrected chi connectivity index (χ4v) is 3.66. The van der Waals surface area contributed by atoms with Crippen molar-refractivity contribution in [3.8, 4) is 0 Å². The van der Waals surface area contributed by atoms with Gasteiger partial charge in [-0.2, -0.15) is 0 Å². The van der Waals surface area contributed by atoms with Gasteiger partial charge in [0.15, 0.2) is 0 Å². The van der Waals surface area contributed by atoms with Crippen LogP contribution in [0, 0.1) is 0 Å². The predicted molar refractivity (Wildman–Crippen MR) is 103 cm³/mol. The van der Waals surface area contributed by atoms with Gasteiger partial charge in [0, 0.05) is 25.7 Å². The molecule has 3 aliphatic heterocycles. The first kappa shape index (κ1) is 24.8. The molecule has 0 aromatic rings. The van der Waals surface area contributed by atoms with Crippen molar-refractivity contribution in [2.45, 2.75) is 50.6 Å². The molecule has 184 valence electrons. The van der Waals surface area contributed by atoms with E-state index < -0.39 is 98.9 Å². The number of rotatable bonds is 2. The third-order valence-electron chi connectivity index (χ3n) is 5.25. The maximum Gasteiger partial charge on any atom is 0.330 e. The van der Waals surface area contributed by atoms with Crippen LogP contribution in [0.25, 0.3) is 0 Å². The van der Waals surface area contributed by atoms with E-state index in [0.717, 1.165) is 0 Å². The molecule has 0 aromatic heterocycles. The van der Waals surface area contributed by atoms with Crippen LogP contribution in [0.3, 0.4) is 0 Å². The maximum absolute atomic E-state index is 12.5. The van der Waals surface area contributed by atoms with E-state index in [4.69, 9.17) is 18.9 Å². The van der Waals surface area contributed by atoms with Gasteiger partial charge in [-0.05, 0) is 0 Å². The maximum atomic E-state index is 12.5. The highest BCUT2D eigenvalue weighted by Gasteiger charge is 2.43. The minimum atomic E-state index is -1.58. The molecule has 14 nitrogen and oxygen atoms in total. The Labute approximate surface area is 192 Å². The molecule has 0 aromatic carbocycles. The van der Waals surface area contributed by atoms with Gasteiger partial charge in [0.1, 0.15) is 38.5 Å². The largest absolute Gasteiger partial charge is 0.462 e. The number of likely N-dealkylation sites (tertiary alicyclic amines) is 2. The topological polar surface area (TPSA) is 180 Å². The number of hydrogen-bond acceptors (Lipinski definition) is 12. The van der Waals surface area contributed by atoms with E-state index in [1.54, 1.807) is 0 Å². The van der Waals surface area contributed by atoms with Gasteiger partial charge in [-0.1, -0.05) is 0 Å². The van der Waals surface area contributed by atoms with Crippen molar-refractivity contribution in [2.24, 2.45) is 0 Å². The Kier molecular flexibility index (Phi) is 7.91. The van der Waals surface area contributed by atoms with Crippen molar-refractivity contribution in [1.82, 2.24) is 9.80 Å². The summed E-state index contributed by atoms with van der Waals surface area (Å²) in [6, 6.07) is -3.15. The zero-order valence-corrected chi connectivity index (χ0v) is 18.0. The number of imide groups is 2. The number of carbonyl (C=O) groups is 8. The van der Waals surface area contributed by atoms with Crippen molar-refractivity contribution in [3.63, 3.8) is 0 Å². The van der Waals surface area contributed by atoms with Crippen LogP contribution in [0.1, 0.15) is 38.5 Å². The number of nitrogens with zero attached hydrogens (tertiary/aromatic N) is 2. The van der Waals surface area contributed by atoms with E-state index in [0.29, 0.717) is 9.80 Å². The molecular weight excluding hydrogens is 460 g/mol. The molecule has 0 radical (unpaired) electrons. The minimum Gasteiger partial charge on any atom is -0.462 e. The number of esters is 4. The van der Waals surface area contributed by atoms with Gasteiger partial charge in [-0.25, -0.2) is 9.59 Å². The van der Waals surface area contributed by atoms with E-state index in [1.807, 2.05) is 0 Å². The fraction of sp³-hybridized carbons (Fsp3) is 0.600. The quantitative estimate of drug-likeness (QED) is 0.240. The first-order chi connectivity index (χ1) is 16.2. The Bertz CT molecular complexity index is 823. The number of cyclic esters (lactones) is 4. The van der Waals surface area contributed by atoms with Crippen molar-refractivity contribution >= 4 is 47.5 Å². The second kappa shape index (κ2) is 10.9. The lowest BCUT2D eigenvalue weighted by molar-refractivity contribution is -0.168. The third kappa shape index (κ3) is 5.74. The normalized spacial score (nSPS) is 26.4. The van der Waals surface area contributed by atoms with Crippen LogP contribution in [0.2, 0.25) is 0 Å². The summed E-state index contributed by atoms with van der Waals surface area (Å²) in [4.78, 5) is 98.8. The van der Waals surface area contributed by atoms with E-state index in [2.05, 4.69) is 0 Å². The first-order valence-electron chi connectivity index (χ1n) is 10.5. The molecule has 3 fully saturated rings.